The molecule has 0 spiro atoms. The Bertz CT molecular complexity index is 1080. The Balaban J connectivity index is 1.26. The van der Waals surface area contributed by atoms with Crippen LogP contribution in [0.4, 0.5) is 32.2 Å². The molecule has 3 heterocycles. The lowest BCUT2D eigenvalue weighted by Gasteiger charge is -2.28. The molecule has 37 heavy (non-hydrogen) atoms. The van der Waals surface area contributed by atoms with Crippen molar-refractivity contribution >= 4 is 5.82 Å². The quantitative estimate of drug-likeness (QED) is 0.481. The van der Waals surface area contributed by atoms with E-state index in [1.54, 1.807) is 0 Å². The van der Waals surface area contributed by atoms with Crippen molar-refractivity contribution < 1.29 is 35.8 Å². The number of hydrogen-bond donors (Lipinski definition) is 1. The van der Waals surface area contributed by atoms with Gasteiger partial charge in [-0.3, -0.25) is 0 Å². The molecule has 1 N–H and O–H groups in total. The van der Waals surface area contributed by atoms with Gasteiger partial charge >= 0.3 is 12.8 Å². The van der Waals surface area contributed by atoms with Gasteiger partial charge < -0.3 is 19.7 Å². The van der Waals surface area contributed by atoms with E-state index < -0.39 is 35.7 Å². The SMILES string of the molecule is Fc1cc(OC(F)F)ccc1-c1cc(C(F)(F)F)c(NC2C[C@@H]3CN(CC4CCOCC4)C[C@@H]3C2)nn1. The van der Waals surface area contributed by atoms with Crippen LogP contribution in [0.1, 0.15) is 31.2 Å². The minimum Gasteiger partial charge on any atom is -0.435 e. The lowest BCUT2D eigenvalue weighted by molar-refractivity contribution is -0.137. The summed E-state index contributed by atoms with van der Waals surface area (Å²) in [7, 11) is 0. The average molecular weight is 531 g/mol. The molecule has 6 nitrogen and oxygen atoms in total. The van der Waals surface area contributed by atoms with Gasteiger partial charge in [-0.2, -0.15) is 22.0 Å². The molecule has 0 bridgehead atoms. The number of nitrogens with zero attached hydrogens (tertiary/aromatic N) is 3. The number of aromatic nitrogens is 2. The molecule has 3 aliphatic rings. The number of halogens is 6. The van der Waals surface area contributed by atoms with E-state index in [2.05, 4.69) is 25.2 Å². The van der Waals surface area contributed by atoms with E-state index in [0.29, 0.717) is 23.8 Å². The molecule has 202 valence electrons. The van der Waals surface area contributed by atoms with Gasteiger partial charge in [-0.05, 0) is 61.6 Å². The van der Waals surface area contributed by atoms with Gasteiger partial charge in [0.15, 0.2) is 5.82 Å². The fourth-order valence-corrected chi connectivity index (χ4v) is 5.88. The highest BCUT2D eigenvalue weighted by atomic mass is 19.4. The summed E-state index contributed by atoms with van der Waals surface area (Å²) >= 11 is 0. The molecular formula is C25H28F6N4O2. The van der Waals surface area contributed by atoms with Crippen molar-refractivity contribution in [2.75, 3.05) is 38.2 Å². The van der Waals surface area contributed by atoms with Gasteiger partial charge in [0, 0.05) is 50.5 Å². The van der Waals surface area contributed by atoms with E-state index in [1.165, 1.54) is 0 Å². The zero-order valence-electron chi connectivity index (χ0n) is 20.0. The molecule has 5 rings (SSSR count). The zero-order valence-corrected chi connectivity index (χ0v) is 20.0. The van der Waals surface area contributed by atoms with Crippen LogP contribution in [0, 0.1) is 23.6 Å². The maximum absolute atomic E-state index is 14.5. The maximum atomic E-state index is 14.5. The molecule has 1 aliphatic carbocycles. The van der Waals surface area contributed by atoms with Crippen LogP contribution in [0.3, 0.4) is 0 Å². The van der Waals surface area contributed by atoms with Crippen molar-refractivity contribution in [3.05, 3.63) is 35.6 Å². The summed E-state index contributed by atoms with van der Waals surface area (Å²) in [6.45, 7) is 1.40. The monoisotopic (exact) mass is 530 g/mol. The zero-order chi connectivity index (χ0) is 26.2. The molecular weight excluding hydrogens is 502 g/mol. The number of hydrogen-bond acceptors (Lipinski definition) is 6. The number of anilines is 1. The minimum atomic E-state index is -4.75. The minimum absolute atomic E-state index is 0.163. The number of nitrogens with one attached hydrogen (secondary N) is 1. The smallest absolute Gasteiger partial charge is 0.420 e. The highest BCUT2D eigenvalue weighted by Gasteiger charge is 2.43. The summed E-state index contributed by atoms with van der Waals surface area (Å²) < 4.78 is 90.5. The van der Waals surface area contributed by atoms with E-state index in [4.69, 9.17) is 4.74 Å². The third-order valence-corrected chi connectivity index (χ3v) is 7.57. The summed E-state index contributed by atoms with van der Waals surface area (Å²) in [5.74, 6) is -0.406. The fraction of sp³-hybridized carbons (Fsp3) is 0.600. The molecule has 3 fully saturated rings. The van der Waals surface area contributed by atoms with Crippen molar-refractivity contribution in [1.82, 2.24) is 15.1 Å². The number of rotatable bonds is 7. The van der Waals surface area contributed by atoms with Crippen LogP contribution in [-0.2, 0) is 10.9 Å². The normalized spacial score (nSPS) is 25.0. The van der Waals surface area contributed by atoms with Crippen molar-refractivity contribution in [2.45, 2.75) is 44.5 Å². The third-order valence-electron chi connectivity index (χ3n) is 7.57. The highest BCUT2D eigenvalue weighted by molar-refractivity contribution is 5.64. The standard InChI is InChI=1S/C25H28F6N4O2/c26-21-9-18(37-24(27)28)1-2-19(21)22-10-20(25(29,30)31)23(34-33-22)32-17-7-15-12-35(13-16(15)8-17)11-14-3-5-36-6-4-14/h1-2,9-10,14-17,24H,3-8,11-13H2,(H,32,34)/t15-,16+,17?. The molecule has 2 aromatic rings. The van der Waals surface area contributed by atoms with Gasteiger partial charge in [-0.15, -0.1) is 10.2 Å². The summed E-state index contributed by atoms with van der Waals surface area (Å²) in [6, 6.07) is 3.31. The molecule has 1 unspecified atom stereocenters. The third kappa shape index (κ3) is 6.11. The largest absolute Gasteiger partial charge is 0.435 e. The fourth-order valence-electron chi connectivity index (χ4n) is 5.88. The van der Waals surface area contributed by atoms with Crippen LogP contribution in [0.2, 0.25) is 0 Å². The van der Waals surface area contributed by atoms with Gasteiger partial charge in [0.2, 0.25) is 0 Å². The number of ether oxygens (including phenoxy) is 2. The first-order chi connectivity index (χ1) is 17.7. The molecule has 0 amide bonds. The molecule has 1 aromatic carbocycles. The predicted molar refractivity (Wildman–Crippen MR) is 123 cm³/mol. The Hall–Kier alpha value is -2.60. The van der Waals surface area contributed by atoms with Crippen LogP contribution in [0.25, 0.3) is 11.3 Å². The molecule has 1 aromatic heterocycles. The second kappa shape index (κ2) is 10.6. The Labute approximate surface area is 210 Å². The van der Waals surface area contributed by atoms with Crippen LogP contribution < -0.4 is 10.1 Å². The van der Waals surface area contributed by atoms with Crippen LogP contribution in [-0.4, -0.2) is 60.6 Å². The van der Waals surface area contributed by atoms with Crippen molar-refractivity contribution in [2.24, 2.45) is 17.8 Å². The average Bonchev–Trinajstić information content (AvgIpc) is 3.37. The molecule has 2 saturated heterocycles. The van der Waals surface area contributed by atoms with E-state index >= 15 is 0 Å². The molecule has 12 heteroatoms. The van der Waals surface area contributed by atoms with Crippen LogP contribution >= 0.6 is 0 Å². The molecule has 3 atom stereocenters. The second-order valence-electron chi connectivity index (χ2n) is 10.1. The van der Waals surface area contributed by atoms with Crippen molar-refractivity contribution in [1.29, 1.82) is 0 Å². The van der Waals surface area contributed by atoms with E-state index in [1.807, 2.05) is 0 Å². The Kier molecular flexibility index (Phi) is 7.49. The second-order valence-corrected chi connectivity index (χ2v) is 10.1. The number of benzene rings is 1. The Morgan fingerprint density at radius 3 is 2.38 bits per heavy atom. The molecule has 0 radical (unpaired) electrons. The topological polar surface area (TPSA) is 59.5 Å². The molecule has 2 aliphatic heterocycles. The van der Waals surface area contributed by atoms with E-state index in [0.717, 1.165) is 76.7 Å². The van der Waals surface area contributed by atoms with Gasteiger partial charge in [-0.1, -0.05) is 0 Å². The van der Waals surface area contributed by atoms with Crippen LogP contribution in [0.5, 0.6) is 5.75 Å². The molecule has 1 saturated carbocycles. The Morgan fingerprint density at radius 1 is 1.05 bits per heavy atom. The highest BCUT2D eigenvalue weighted by Crippen LogP contribution is 2.42. The van der Waals surface area contributed by atoms with Gasteiger partial charge in [-0.25, -0.2) is 4.39 Å². The van der Waals surface area contributed by atoms with E-state index in [-0.39, 0.29) is 17.3 Å². The number of alkyl halides is 5. The number of fused-ring (bicyclic) bond motifs is 1. The first-order valence-electron chi connectivity index (χ1n) is 12.4. The Morgan fingerprint density at radius 2 is 1.76 bits per heavy atom. The first-order valence-corrected chi connectivity index (χ1v) is 12.4. The first kappa shape index (κ1) is 26.0. The van der Waals surface area contributed by atoms with Gasteiger partial charge in [0.25, 0.3) is 0 Å². The lowest BCUT2D eigenvalue weighted by atomic mass is 10.00. The van der Waals surface area contributed by atoms with Gasteiger partial charge in [0.05, 0.1) is 5.69 Å². The summed E-state index contributed by atoms with van der Waals surface area (Å²) in [4.78, 5) is 2.48. The lowest BCUT2D eigenvalue weighted by Crippen LogP contribution is -2.32. The summed E-state index contributed by atoms with van der Waals surface area (Å²) in [6.07, 6.45) is -1.12. The van der Waals surface area contributed by atoms with Crippen molar-refractivity contribution in [3.63, 3.8) is 0 Å². The van der Waals surface area contributed by atoms with Gasteiger partial charge in [0.1, 0.15) is 17.1 Å². The summed E-state index contributed by atoms with van der Waals surface area (Å²) in [5, 5.41) is 10.5. The summed E-state index contributed by atoms with van der Waals surface area (Å²) in [5.41, 5.74) is -1.71. The van der Waals surface area contributed by atoms with Crippen molar-refractivity contribution in [3.8, 4) is 17.0 Å². The van der Waals surface area contributed by atoms with Crippen LogP contribution in [0.15, 0.2) is 24.3 Å². The van der Waals surface area contributed by atoms with E-state index in [9.17, 15) is 26.3 Å². The maximum Gasteiger partial charge on any atom is 0.420 e. The predicted octanol–water partition coefficient (Wildman–Crippen LogP) is 5.45. The number of likely N-dealkylation sites (tertiary alicyclic amines) is 1.